The average molecular weight is 224 g/mol. The van der Waals surface area contributed by atoms with Crippen LogP contribution in [-0.4, -0.2) is 23.6 Å². The lowest BCUT2D eigenvalue weighted by Crippen LogP contribution is -2.27. The zero-order valence-corrected chi connectivity index (χ0v) is 11.3. The summed E-state index contributed by atoms with van der Waals surface area (Å²) in [5.41, 5.74) is 0.974. The van der Waals surface area contributed by atoms with Gasteiger partial charge < -0.3 is 9.47 Å². The van der Waals surface area contributed by atoms with Crippen molar-refractivity contribution in [3.05, 3.63) is 34.2 Å². The number of aromatic nitrogens is 1. The Balaban J connectivity index is 0.00000106. The highest BCUT2D eigenvalue weighted by Gasteiger charge is 2.05. The lowest BCUT2D eigenvalue weighted by Gasteiger charge is -2.13. The SMILES string of the molecule is CC.CC(C)n1cccc(CN(C)C)c1=O. The van der Waals surface area contributed by atoms with Gasteiger partial charge in [0, 0.05) is 24.3 Å². The molecule has 1 aromatic rings. The first-order chi connectivity index (χ1) is 7.52. The van der Waals surface area contributed by atoms with Gasteiger partial charge in [-0.15, -0.1) is 0 Å². The molecule has 0 radical (unpaired) electrons. The van der Waals surface area contributed by atoms with Crippen LogP contribution in [0.15, 0.2) is 23.1 Å². The Morgan fingerprint density at radius 1 is 1.31 bits per heavy atom. The summed E-state index contributed by atoms with van der Waals surface area (Å²) in [6, 6.07) is 4.05. The van der Waals surface area contributed by atoms with Crippen molar-refractivity contribution in [3.8, 4) is 0 Å². The van der Waals surface area contributed by atoms with Gasteiger partial charge in [-0.1, -0.05) is 19.9 Å². The summed E-state index contributed by atoms with van der Waals surface area (Å²) in [4.78, 5) is 13.9. The van der Waals surface area contributed by atoms with Crippen LogP contribution in [0.3, 0.4) is 0 Å². The van der Waals surface area contributed by atoms with E-state index < -0.39 is 0 Å². The van der Waals surface area contributed by atoms with Gasteiger partial charge in [0.05, 0.1) is 0 Å². The van der Waals surface area contributed by atoms with Crippen LogP contribution in [-0.2, 0) is 6.54 Å². The molecule has 0 amide bonds. The van der Waals surface area contributed by atoms with Gasteiger partial charge in [-0.25, -0.2) is 0 Å². The molecule has 0 saturated carbocycles. The second-order valence-corrected chi connectivity index (χ2v) is 4.08. The van der Waals surface area contributed by atoms with Crippen molar-refractivity contribution in [3.63, 3.8) is 0 Å². The summed E-state index contributed by atoms with van der Waals surface area (Å²) in [6.07, 6.45) is 1.84. The Morgan fingerprint density at radius 3 is 2.31 bits per heavy atom. The van der Waals surface area contributed by atoms with Crippen molar-refractivity contribution in [1.82, 2.24) is 9.47 Å². The number of hydrogen-bond donors (Lipinski definition) is 0. The molecule has 1 aromatic heterocycles. The first kappa shape index (κ1) is 14.9. The maximum Gasteiger partial charge on any atom is 0.255 e. The molecule has 0 aliphatic heterocycles. The van der Waals surface area contributed by atoms with E-state index in [-0.39, 0.29) is 11.6 Å². The highest BCUT2D eigenvalue weighted by atomic mass is 16.1. The van der Waals surface area contributed by atoms with E-state index in [1.165, 1.54) is 0 Å². The van der Waals surface area contributed by atoms with Gasteiger partial charge in [0.15, 0.2) is 0 Å². The minimum Gasteiger partial charge on any atom is -0.313 e. The van der Waals surface area contributed by atoms with Crippen molar-refractivity contribution < 1.29 is 0 Å². The molecular weight excluding hydrogens is 200 g/mol. The van der Waals surface area contributed by atoms with Crippen LogP contribution < -0.4 is 5.56 Å². The summed E-state index contributed by atoms with van der Waals surface area (Å²) in [6.45, 7) is 8.73. The molecule has 0 N–H and O–H groups in total. The first-order valence-electron chi connectivity index (χ1n) is 5.87. The van der Waals surface area contributed by atoms with Gasteiger partial charge in [0.1, 0.15) is 0 Å². The predicted octanol–water partition coefficient (Wildman–Crippen LogP) is 2.52. The van der Waals surface area contributed by atoms with E-state index in [9.17, 15) is 4.79 Å². The first-order valence-corrected chi connectivity index (χ1v) is 5.87. The zero-order valence-electron chi connectivity index (χ0n) is 11.3. The van der Waals surface area contributed by atoms with Crippen LogP contribution in [0, 0.1) is 0 Å². The third-order valence-corrected chi connectivity index (χ3v) is 2.10. The average Bonchev–Trinajstić information content (AvgIpc) is 2.23. The fourth-order valence-electron chi connectivity index (χ4n) is 1.42. The number of nitrogens with zero attached hydrogens (tertiary/aromatic N) is 2. The fourth-order valence-corrected chi connectivity index (χ4v) is 1.42. The van der Waals surface area contributed by atoms with Gasteiger partial charge >= 0.3 is 0 Å². The number of hydrogen-bond acceptors (Lipinski definition) is 2. The Labute approximate surface area is 98.7 Å². The summed E-state index contributed by atoms with van der Waals surface area (Å²) in [5, 5.41) is 0. The van der Waals surface area contributed by atoms with Crippen LogP contribution in [0.4, 0.5) is 0 Å². The second-order valence-electron chi connectivity index (χ2n) is 4.08. The molecule has 1 heterocycles. The quantitative estimate of drug-likeness (QED) is 0.788. The number of pyridine rings is 1. The lowest BCUT2D eigenvalue weighted by molar-refractivity contribution is 0.397. The van der Waals surface area contributed by atoms with E-state index >= 15 is 0 Å². The second kappa shape index (κ2) is 7.23. The minimum absolute atomic E-state index is 0.121. The molecule has 3 heteroatoms. The molecule has 0 bridgehead atoms. The molecular formula is C13H24N2O. The summed E-state index contributed by atoms with van der Waals surface area (Å²) in [7, 11) is 3.93. The van der Waals surface area contributed by atoms with E-state index in [0.29, 0.717) is 6.54 Å². The van der Waals surface area contributed by atoms with E-state index in [4.69, 9.17) is 0 Å². The van der Waals surface area contributed by atoms with E-state index in [0.717, 1.165) is 5.56 Å². The monoisotopic (exact) mass is 224 g/mol. The van der Waals surface area contributed by atoms with Crippen LogP contribution >= 0.6 is 0 Å². The smallest absolute Gasteiger partial charge is 0.255 e. The Kier molecular flexibility index (Phi) is 6.74. The topological polar surface area (TPSA) is 25.2 Å². The van der Waals surface area contributed by atoms with Crippen molar-refractivity contribution in [2.75, 3.05) is 14.1 Å². The summed E-state index contributed by atoms with van der Waals surface area (Å²) >= 11 is 0. The minimum atomic E-state index is 0.121. The van der Waals surface area contributed by atoms with Gasteiger partial charge in [-0.3, -0.25) is 4.79 Å². The molecule has 0 aliphatic carbocycles. The lowest BCUT2D eigenvalue weighted by atomic mass is 10.2. The molecule has 0 aromatic carbocycles. The molecule has 1 rings (SSSR count). The van der Waals surface area contributed by atoms with E-state index in [1.807, 2.05) is 65.0 Å². The molecule has 0 fully saturated rings. The summed E-state index contributed by atoms with van der Waals surface area (Å²) < 4.78 is 1.76. The van der Waals surface area contributed by atoms with Gasteiger partial charge in [-0.2, -0.15) is 0 Å². The maximum absolute atomic E-state index is 11.9. The molecule has 0 atom stereocenters. The predicted molar refractivity (Wildman–Crippen MR) is 69.8 cm³/mol. The Morgan fingerprint density at radius 2 is 1.88 bits per heavy atom. The molecule has 0 saturated heterocycles. The molecule has 16 heavy (non-hydrogen) atoms. The fraction of sp³-hybridized carbons (Fsp3) is 0.615. The molecule has 0 spiro atoms. The van der Waals surface area contributed by atoms with Gasteiger partial charge in [-0.05, 0) is 34.0 Å². The Bertz CT molecular complexity index is 353. The highest BCUT2D eigenvalue weighted by molar-refractivity contribution is 5.10. The largest absolute Gasteiger partial charge is 0.313 e. The number of rotatable bonds is 3. The van der Waals surface area contributed by atoms with Gasteiger partial charge in [0.25, 0.3) is 5.56 Å². The van der Waals surface area contributed by atoms with E-state index in [2.05, 4.69) is 0 Å². The van der Waals surface area contributed by atoms with Crippen molar-refractivity contribution in [2.45, 2.75) is 40.3 Å². The molecule has 0 unspecified atom stereocenters. The van der Waals surface area contributed by atoms with Crippen LogP contribution in [0.2, 0.25) is 0 Å². The third-order valence-electron chi connectivity index (χ3n) is 2.10. The molecule has 3 nitrogen and oxygen atoms in total. The zero-order chi connectivity index (χ0) is 12.7. The van der Waals surface area contributed by atoms with Crippen LogP contribution in [0.5, 0.6) is 0 Å². The highest BCUT2D eigenvalue weighted by Crippen LogP contribution is 2.01. The van der Waals surface area contributed by atoms with Crippen LogP contribution in [0.1, 0.15) is 39.3 Å². The molecule has 0 aliphatic rings. The normalized spacial score (nSPS) is 10.2. The van der Waals surface area contributed by atoms with Crippen LogP contribution in [0.25, 0.3) is 0 Å². The standard InChI is InChI=1S/C11H18N2O.C2H6/c1-9(2)13-7-5-6-10(11(13)14)8-12(3)4;1-2/h5-7,9H,8H2,1-4H3;1-2H3. The molecule has 92 valence electrons. The third kappa shape index (κ3) is 4.19. The Hall–Kier alpha value is -1.09. The van der Waals surface area contributed by atoms with E-state index in [1.54, 1.807) is 4.57 Å². The maximum atomic E-state index is 11.9. The van der Waals surface area contributed by atoms with Gasteiger partial charge in [0.2, 0.25) is 0 Å². The van der Waals surface area contributed by atoms with Crippen molar-refractivity contribution in [2.24, 2.45) is 0 Å². The van der Waals surface area contributed by atoms with Crippen molar-refractivity contribution >= 4 is 0 Å². The summed E-state index contributed by atoms with van der Waals surface area (Å²) in [5.74, 6) is 0. The van der Waals surface area contributed by atoms with Crippen molar-refractivity contribution in [1.29, 1.82) is 0 Å².